The first-order chi connectivity index (χ1) is 15.4. The summed E-state index contributed by atoms with van der Waals surface area (Å²) in [7, 11) is 0. The molecule has 0 spiro atoms. The molecule has 2 fully saturated rings. The fourth-order valence-corrected chi connectivity index (χ4v) is 4.14. The normalized spacial score (nSPS) is 21.3. The standard InChI is InChI=1S/C23H25FN4O4/c1-14-18(13-25-15(2)26-14)21(29)19-20(16-3-5-17(24)6-4-16)28(23(31)22(19)30)8-7-27-9-11-32-12-10-27/h3-6,13,20,29H,7-12H2,1-2H3/t20-/m1/s1. The van der Waals surface area contributed by atoms with Gasteiger partial charge in [0, 0.05) is 32.4 Å². The molecule has 8 nitrogen and oxygen atoms in total. The van der Waals surface area contributed by atoms with E-state index in [0.29, 0.717) is 36.8 Å². The number of aliphatic hydroxyl groups is 1. The molecule has 2 aliphatic heterocycles. The molecule has 168 valence electrons. The lowest BCUT2D eigenvalue weighted by molar-refractivity contribution is -0.140. The minimum atomic E-state index is -0.836. The molecule has 1 amide bonds. The number of nitrogens with zero attached hydrogens (tertiary/aromatic N) is 4. The molecule has 1 atom stereocenters. The molecule has 2 aliphatic rings. The van der Waals surface area contributed by atoms with E-state index < -0.39 is 23.5 Å². The molecule has 3 heterocycles. The zero-order valence-electron chi connectivity index (χ0n) is 18.0. The van der Waals surface area contributed by atoms with Crippen molar-refractivity contribution in [1.29, 1.82) is 0 Å². The first-order valence-corrected chi connectivity index (χ1v) is 10.5. The average molecular weight is 440 g/mol. The van der Waals surface area contributed by atoms with E-state index in [2.05, 4.69) is 14.9 Å². The van der Waals surface area contributed by atoms with Crippen molar-refractivity contribution in [2.45, 2.75) is 19.9 Å². The zero-order valence-corrected chi connectivity index (χ0v) is 18.0. The van der Waals surface area contributed by atoms with Gasteiger partial charge in [-0.2, -0.15) is 0 Å². The third-order valence-corrected chi connectivity index (χ3v) is 5.84. The van der Waals surface area contributed by atoms with E-state index >= 15 is 0 Å². The third-order valence-electron chi connectivity index (χ3n) is 5.84. The van der Waals surface area contributed by atoms with Crippen LogP contribution in [0.15, 0.2) is 36.0 Å². The van der Waals surface area contributed by atoms with Crippen molar-refractivity contribution in [3.63, 3.8) is 0 Å². The van der Waals surface area contributed by atoms with Crippen LogP contribution in [0.5, 0.6) is 0 Å². The highest BCUT2D eigenvalue weighted by Crippen LogP contribution is 2.39. The van der Waals surface area contributed by atoms with Gasteiger partial charge in [0.25, 0.3) is 11.7 Å². The Balaban J connectivity index is 1.75. The first-order valence-electron chi connectivity index (χ1n) is 10.5. The van der Waals surface area contributed by atoms with E-state index in [-0.39, 0.29) is 23.4 Å². The summed E-state index contributed by atoms with van der Waals surface area (Å²) >= 11 is 0. The van der Waals surface area contributed by atoms with Crippen molar-refractivity contribution >= 4 is 17.4 Å². The predicted molar refractivity (Wildman–Crippen MR) is 114 cm³/mol. The van der Waals surface area contributed by atoms with E-state index in [1.807, 2.05) is 0 Å². The van der Waals surface area contributed by atoms with Crippen molar-refractivity contribution in [1.82, 2.24) is 19.8 Å². The molecule has 0 radical (unpaired) electrons. The average Bonchev–Trinajstić information content (AvgIpc) is 3.03. The lowest BCUT2D eigenvalue weighted by Gasteiger charge is -2.31. The lowest BCUT2D eigenvalue weighted by Crippen LogP contribution is -2.42. The van der Waals surface area contributed by atoms with Crippen molar-refractivity contribution in [3.05, 3.63) is 64.5 Å². The van der Waals surface area contributed by atoms with Gasteiger partial charge in [-0.3, -0.25) is 14.5 Å². The number of carbonyl (C=O) groups excluding carboxylic acids is 2. The van der Waals surface area contributed by atoms with Crippen LogP contribution in [0.4, 0.5) is 4.39 Å². The second kappa shape index (κ2) is 9.13. The summed E-state index contributed by atoms with van der Waals surface area (Å²) in [5.41, 5.74) is 1.28. The second-order valence-electron chi connectivity index (χ2n) is 7.91. The number of ketones is 1. The fourth-order valence-electron chi connectivity index (χ4n) is 4.14. The number of ether oxygens (including phenoxy) is 1. The number of Topliss-reactive ketones (excluding diaryl/α,β-unsaturated/α-hetero) is 1. The summed E-state index contributed by atoms with van der Waals surface area (Å²) in [6, 6.07) is 4.77. The Morgan fingerprint density at radius 3 is 2.50 bits per heavy atom. The van der Waals surface area contributed by atoms with Gasteiger partial charge in [-0.05, 0) is 31.5 Å². The summed E-state index contributed by atoms with van der Waals surface area (Å²) in [5, 5.41) is 11.1. The molecule has 2 aromatic rings. The molecular formula is C23H25FN4O4. The quantitative estimate of drug-likeness (QED) is 0.432. The Morgan fingerprint density at radius 1 is 1.16 bits per heavy atom. The lowest BCUT2D eigenvalue weighted by atomic mass is 9.95. The maximum atomic E-state index is 13.6. The van der Waals surface area contributed by atoms with E-state index in [4.69, 9.17) is 4.74 Å². The molecule has 0 unspecified atom stereocenters. The van der Waals surface area contributed by atoms with Crippen molar-refractivity contribution in [2.75, 3.05) is 39.4 Å². The summed E-state index contributed by atoms with van der Waals surface area (Å²) < 4.78 is 18.9. The zero-order chi connectivity index (χ0) is 22.8. The molecule has 9 heteroatoms. The van der Waals surface area contributed by atoms with Crippen molar-refractivity contribution in [2.24, 2.45) is 0 Å². The minimum absolute atomic E-state index is 0.0425. The van der Waals surface area contributed by atoms with Gasteiger partial charge in [-0.15, -0.1) is 0 Å². The summed E-state index contributed by atoms with van der Waals surface area (Å²) in [4.78, 5) is 38.0. The number of aromatic nitrogens is 2. The molecule has 4 rings (SSSR count). The van der Waals surface area contributed by atoms with Crippen LogP contribution < -0.4 is 0 Å². The van der Waals surface area contributed by atoms with Crippen LogP contribution in [0.1, 0.15) is 28.7 Å². The molecule has 1 aromatic heterocycles. The topological polar surface area (TPSA) is 95.9 Å². The van der Waals surface area contributed by atoms with Crippen molar-refractivity contribution < 1.29 is 23.8 Å². The van der Waals surface area contributed by atoms with E-state index in [1.165, 1.54) is 35.4 Å². The number of benzene rings is 1. The van der Waals surface area contributed by atoms with Gasteiger partial charge < -0.3 is 14.7 Å². The summed E-state index contributed by atoms with van der Waals surface area (Å²) in [6.45, 7) is 6.98. The SMILES string of the molecule is Cc1ncc(C(O)=C2C(=O)C(=O)N(CCN3CCOCC3)[C@@H]2c2ccc(F)cc2)c(C)n1. The van der Waals surface area contributed by atoms with Gasteiger partial charge in [0.1, 0.15) is 17.4 Å². The number of hydrogen-bond acceptors (Lipinski definition) is 7. The number of hydrogen-bond donors (Lipinski definition) is 1. The second-order valence-corrected chi connectivity index (χ2v) is 7.91. The third kappa shape index (κ3) is 4.26. The number of aliphatic hydroxyl groups excluding tert-OH is 1. The number of carbonyl (C=O) groups is 2. The molecule has 2 saturated heterocycles. The Bertz CT molecular complexity index is 1060. The van der Waals surface area contributed by atoms with Gasteiger partial charge >= 0.3 is 0 Å². The van der Waals surface area contributed by atoms with Crippen molar-refractivity contribution in [3.8, 4) is 0 Å². The number of rotatable bonds is 5. The van der Waals surface area contributed by atoms with Gasteiger partial charge in [0.05, 0.1) is 36.1 Å². The van der Waals surface area contributed by atoms with Gasteiger partial charge in [0.2, 0.25) is 0 Å². The molecule has 0 saturated carbocycles. The number of halogens is 1. The predicted octanol–water partition coefficient (Wildman–Crippen LogP) is 1.99. The van der Waals surface area contributed by atoms with Crippen LogP contribution in [0.3, 0.4) is 0 Å². The fraction of sp³-hybridized carbons (Fsp3) is 0.391. The Morgan fingerprint density at radius 2 is 1.84 bits per heavy atom. The van der Waals surface area contributed by atoms with Crippen LogP contribution in [0.25, 0.3) is 5.76 Å². The number of amides is 1. The highest BCUT2D eigenvalue weighted by atomic mass is 19.1. The number of morpholine rings is 1. The summed E-state index contributed by atoms with van der Waals surface area (Å²) in [5.74, 6) is -1.70. The van der Waals surface area contributed by atoms with Gasteiger partial charge in [-0.1, -0.05) is 12.1 Å². The highest BCUT2D eigenvalue weighted by molar-refractivity contribution is 6.46. The van der Waals surface area contributed by atoms with E-state index in [1.54, 1.807) is 13.8 Å². The smallest absolute Gasteiger partial charge is 0.295 e. The maximum absolute atomic E-state index is 13.6. The molecular weight excluding hydrogens is 415 g/mol. The molecule has 0 aliphatic carbocycles. The monoisotopic (exact) mass is 440 g/mol. The number of aryl methyl sites for hydroxylation is 2. The molecule has 1 aromatic carbocycles. The van der Waals surface area contributed by atoms with Crippen LogP contribution in [0, 0.1) is 19.7 Å². The van der Waals surface area contributed by atoms with Crippen LogP contribution in [-0.2, 0) is 14.3 Å². The highest BCUT2D eigenvalue weighted by Gasteiger charge is 2.46. The molecule has 0 bridgehead atoms. The van der Waals surface area contributed by atoms with Crippen LogP contribution in [0.2, 0.25) is 0 Å². The van der Waals surface area contributed by atoms with Crippen LogP contribution in [-0.4, -0.2) is 76.0 Å². The minimum Gasteiger partial charge on any atom is -0.507 e. The molecule has 32 heavy (non-hydrogen) atoms. The van der Waals surface area contributed by atoms with Gasteiger partial charge in [0.15, 0.2) is 0 Å². The maximum Gasteiger partial charge on any atom is 0.295 e. The Hall–Kier alpha value is -3.17. The largest absolute Gasteiger partial charge is 0.507 e. The number of likely N-dealkylation sites (tertiary alicyclic amines) is 1. The van der Waals surface area contributed by atoms with Gasteiger partial charge in [-0.25, -0.2) is 14.4 Å². The van der Waals surface area contributed by atoms with Crippen LogP contribution >= 0.6 is 0 Å². The molecule has 1 N–H and O–H groups in total. The van der Waals surface area contributed by atoms with E-state index in [0.717, 1.165) is 13.1 Å². The Labute approximate surface area is 185 Å². The van der Waals surface area contributed by atoms with E-state index in [9.17, 15) is 19.1 Å². The first kappa shape index (κ1) is 22.0. The summed E-state index contributed by atoms with van der Waals surface area (Å²) in [6.07, 6.45) is 1.44. The Kier molecular flexibility index (Phi) is 6.29.